The lowest BCUT2D eigenvalue weighted by Gasteiger charge is -2.17. The van der Waals surface area contributed by atoms with Crippen LogP contribution < -0.4 is 5.32 Å². The maximum Gasteiger partial charge on any atom is 0.224 e. The normalized spacial score (nSPS) is 11.3. The predicted molar refractivity (Wildman–Crippen MR) is 80.4 cm³/mol. The Morgan fingerprint density at radius 3 is 2.72 bits per heavy atom. The number of benzene rings is 1. The van der Waals surface area contributed by atoms with Gasteiger partial charge in [-0.05, 0) is 17.7 Å². The molecule has 0 atom stereocenters. The number of amides is 1. The highest BCUT2D eigenvalue weighted by atomic mass is 35.5. The van der Waals surface area contributed by atoms with Crippen molar-refractivity contribution in [3.8, 4) is 0 Å². The summed E-state index contributed by atoms with van der Waals surface area (Å²) in [5.74, 6) is 0.983. The quantitative estimate of drug-likeness (QED) is 0.839. The van der Waals surface area contributed by atoms with Gasteiger partial charge in [-0.3, -0.25) is 4.79 Å². The highest BCUT2D eigenvalue weighted by Crippen LogP contribution is 2.22. The van der Waals surface area contributed by atoms with Crippen LogP contribution in [0, 0.1) is 0 Å². The third-order valence-corrected chi connectivity index (χ3v) is 3.72. The van der Waals surface area contributed by atoms with Crippen LogP contribution in [0.3, 0.4) is 0 Å². The molecule has 18 heavy (non-hydrogen) atoms. The highest BCUT2D eigenvalue weighted by molar-refractivity contribution is 8.00. The molecule has 0 saturated heterocycles. The Bertz CT molecular complexity index is 401. The van der Waals surface area contributed by atoms with Crippen LogP contribution in [-0.2, 0) is 11.2 Å². The number of carbonyl (C=O) groups is 1. The molecular formula is C14H20ClNOS. The zero-order valence-electron chi connectivity index (χ0n) is 11.1. The summed E-state index contributed by atoms with van der Waals surface area (Å²) in [4.78, 5) is 11.7. The number of hydrogen-bond donors (Lipinski definition) is 1. The van der Waals surface area contributed by atoms with Crippen molar-refractivity contribution in [2.24, 2.45) is 0 Å². The molecule has 1 rings (SSSR count). The van der Waals surface area contributed by atoms with Crippen LogP contribution in [0.4, 0.5) is 0 Å². The van der Waals surface area contributed by atoms with Gasteiger partial charge in [-0.1, -0.05) is 44.5 Å². The molecule has 1 aromatic rings. The molecule has 0 aliphatic rings. The van der Waals surface area contributed by atoms with Gasteiger partial charge in [0.05, 0.1) is 6.42 Å². The van der Waals surface area contributed by atoms with Crippen molar-refractivity contribution in [1.82, 2.24) is 5.32 Å². The molecule has 1 aromatic carbocycles. The third-order valence-electron chi connectivity index (χ3n) is 2.21. The van der Waals surface area contributed by atoms with Crippen molar-refractivity contribution in [3.05, 3.63) is 34.9 Å². The molecule has 0 spiro atoms. The lowest BCUT2D eigenvalue weighted by molar-refractivity contribution is -0.120. The van der Waals surface area contributed by atoms with Gasteiger partial charge >= 0.3 is 0 Å². The highest BCUT2D eigenvalue weighted by Gasteiger charge is 2.10. The van der Waals surface area contributed by atoms with Crippen molar-refractivity contribution >= 4 is 29.3 Å². The number of halogens is 1. The van der Waals surface area contributed by atoms with E-state index in [0.717, 1.165) is 11.3 Å². The summed E-state index contributed by atoms with van der Waals surface area (Å²) >= 11 is 7.72. The summed E-state index contributed by atoms with van der Waals surface area (Å²) in [5.41, 5.74) is 0.948. The second-order valence-electron chi connectivity index (χ2n) is 5.12. The Hall–Kier alpha value is -0.670. The van der Waals surface area contributed by atoms with E-state index in [-0.39, 0.29) is 10.7 Å². The van der Waals surface area contributed by atoms with Crippen molar-refractivity contribution in [3.63, 3.8) is 0 Å². The van der Waals surface area contributed by atoms with E-state index < -0.39 is 0 Å². The van der Waals surface area contributed by atoms with Crippen LogP contribution in [0.2, 0.25) is 5.02 Å². The summed E-state index contributed by atoms with van der Waals surface area (Å²) < 4.78 is 0.248. The van der Waals surface area contributed by atoms with E-state index in [4.69, 9.17) is 11.6 Å². The van der Waals surface area contributed by atoms with Gasteiger partial charge in [0.1, 0.15) is 0 Å². The van der Waals surface area contributed by atoms with E-state index in [9.17, 15) is 4.79 Å². The maximum absolute atomic E-state index is 11.7. The zero-order chi connectivity index (χ0) is 13.6. The molecule has 0 radical (unpaired) electrons. The summed E-state index contributed by atoms with van der Waals surface area (Å²) in [7, 11) is 0. The van der Waals surface area contributed by atoms with Gasteiger partial charge in [-0.15, -0.1) is 0 Å². The second kappa shape index (κ2) is 7.05. The fourth-order valence-corrected chi connectivity index (χ4v) is 2.47. The largest absolute Gasteiger partial charge is 0.355 e. The first kappa shape index (κ1) is 15.4. The van der Waals surface area contributed by atoms with Crippen LogP contribution in [0.25, 0.3) is 0 Å². The number of nitrogens with one attached hydrogen (secondary N) is 1. The van der Waals surface area contributed by atoms with Crippen molar-refractivity contribution in [2.75, 3.05) is 12.3 Å². The molecule has 0 aliphatic heterocycles. The molecule has 0 bridgehead atoms. The summed E-state index contributed by atoms with van der Waals surface area (Å²) in [6, 6.07) is 7.41. The van der Waals surface area contributed by atoms with Crippen molar-refractivity contribution in [1.29, 1.82) is 0 Å². The molecule has 4 heteroatoms. The Labute approximate surface area is 118 Å². The molecule has 0 aromatic heterocycles. The fourth-order valence-electron chi connectivity index (χ4n) is 1.44. The average Bonchev–Trinajstić information content (AvgIpc) is 2.23. The molecule has 2 nitrogen and oxygen atoms in total. The van der Waals surface area contributed by atoms with Gasteiger partial charge in [0.25, 0.3) is 0 Å². The van der Waals surface area contributed by atoms with Crippen LogP contribution in [-0.4, -0.2) is 23.0 Å². The standard InChI is InChI=1S/C14H20ClNOS/c1-14(2,3)18-8-7-16-13(17)10-11-5-4-6-12(15)9-11/h4-6,9H,7-8,10H2,1-3H3,(H,16,17). The zero-order valence-corrected chi connectivity index (χ0v) is 12.7. The minimum Gasteiger partial charge on any atom is -0.355 e. The van der Waals surface area contributed by atoms with E-state index in [1.165, 1.54) is 0 Å². The van der Waals surface area contributed by atoms with Gasteiger partial charge in [0.15, 0.2) is 0 Å². The summed E-state index contributed by atoms with van der Waals surface area (Å²) in [6.07, 6.45) is 0.390. The van der Waals surface area contributed by atoms with E-state index in [1.807, 2.05) is 36.0 Å². The smallest absolute Gasteiger partial charge is 0.224 e. The van der Waals surface area contributed by atoms with Gasteiger partial charge < -0.3 is 5.32 Å². The Morgan fingerprint density at radius 2 is 2.11 bits per heavy atom. The number of carbonyl (C=O) groups excluding carboxylic acids is 1. The molecule has 1 N–H and O–H groups in total. The Morgan fingerprint density at radius 1 is 1.39 bits per heavy atom. The van der Waals surface area contributed by atoms with Crippen LogP contribution in [0.15, 0.2) is 24.3 Å². The van der Waals surface area contributed by atoms with Gasteiger partial charge in [0.2, 0.25) is 5.91 Å². The summed E-state index contributed by atoms with van der Waals surface area (Å²) in [5, 5.41) is 3.59. The Balaban J connectivity index is 2.26. The first-order valence-corrected chi connectivity index (χ1v) is 7.38. The Kier molecular flexibility index (Phi) is 6.03. The second-order valence-corrected chi connectivity index (χ2v) is 7.48. The molecule has 100 valence electrons. The minimum absolute atomic E-state index is 0.0479. The van der Waals surface area contributed by atoms with E-state index in [1.54, 1.807) is 0 Å². The molecule has 0 fully saturated rings. The first-order chi connectivity index (χ1) is 8.37. The molecule has 1 amide bonds. The first-order valence-electron chi connectivity index (χ1n) is 6.02. The van der Waals surface area contributed by atoms with E-state index >= 15 is 0 Å². The molecule has 0 unspecified atom stereocenters. The molecular weight excluding hydrogens is 266 g/mol. The summed E-state index contributed by atoms with van der Waals surface area (Å²) in [6.45, 7) is 7.23. The van der Waals surface area contributed by atoms with E-state index in [2.05, 4.69) is 26.1 Å². The molecule has 0 aliphatic carbocycles. The number of hydrogen-bond acceptors (Lipinski definition) is 2. The fraction of sp³-hybridized carbons (Fsp3) is 0.500. The van der Waals surface area contributed by atoms with E-state index in [0.29, 0.717) is 18.0 Å². The van der Waals surface area contributed by atoms with Crippen molar-refractivity contribution in [2.45, 2.75) is 31.9 Å². The predicted octanol–water partition coefficient (Wildman–Crippen LogP) is 3.53. The SMILES string of the molecule is CC(C)(C)SCCNC(=O)Cc1cccc(Cl)c1. The monoisotopic (exact) mass is 285 g/mol. The number of thioether (sulfide) groups is 1. The van der Waals surface area contributed by atoms with Crippen LogP contribution >= 0.6 is 23.4 Å². The topological polar surface area (TPSA) is 29.1 Å². The molecule has 0 heterocycles. The van der Waals surface area contributed by atoms with Crippen LogP contribution in [0.5, 0.6) is 0 Å². The number of rotatable bonds is 5. The van der Waals surface area contributed by atoms with Crippen molar-refractivity contribution < 1.29 is 4.79 Å². The minimum atomic E-state index is 0.0479. The van der Waals surface area contributed by atoms with Gasteiger partial charge in [0, 0.05) is 22.1 Å². The molecule has 0 saturated carbocycles. The lowest BCUT2D eigenvalue weighted by Crippen LogP contribution is -2.28. The third kappa shape index (κ3) is 6.92. The lowest BCUT2D eigenvalue weighted by atomic mass is 10.1. The maximum atomic E-state index is 11.7. The van der Waals surface area contributed by atoms with Gasteiger partial charge in [-0.2, -0.15) is 11.8 Å². The average molecular weight is 286 g/mol. The van der Waals surface area contributed by atoms with Crippen LogP contribution in [0.1, 0.15) is 26.3 Å². The van der Waals surface area contributed by atoms with Gasteiger partial charge in [-0.25, -0.2) is 0 Å².